The number of carbonyl (C=O) groups excluding carboxylic acids is 1. The number of pyridine rings is 1. The van der Waals surface area contributed by atoms with Gasteiger partial charge in [-0.05, 0) is 48.6 Å². The highest BCUT2D eigenvalue weighted by molar-refractivity contribution is 8.26. The second kappa shape index (κ2) is 11.1. The van der Waals surface area contributed by atoms with Gasteiger partial charge in [-0.15, -0.1) is 0 Å². The quantitative estimate of drug-likeness (QED) is 0.255. The minimum atomic E-state index is -0.231. The number of thiocarbonyl (C=S) groups is 1. The van der Waals surface area contributed by atoms with Crippen LogP contribution in [0.5, 0.6) is 0 Å². The average molecular weight is 527 g/mol. The lowest BCUT2D eigenvalue weighted by Gasteiger charge is -2.14. The molecule has 2 aromatic carbocycles. The summed E-state index contributed by atoms with van der Waals surface area (Å²) in [5.41, 5.74) is 3.93. The number of nitrogens with one attached hydrogen (secondary N) is 1. The molecule has 186 valence electrons. The Morgan fingerprint density at radius 2 is 1.62 bits per heavy atom. The third-order valence-corrected chi connectivity index (χ3v) is 7.55. The number of carbonyl (C=O) groups is 1. The first kappa shape index (κ1) is 24.9. The number of nitrogens with zero attached hydrogens (tertiary/aromatic N) is 3. The smallest absolute Gasteiger partial charge is 0.267 e. The molecule has 0 radical (unpaired) electrons. The van der Waals surface area contributed by atoms with Crippen LogP contribution in [0.15, 0.2) is 88.7 Å². The zero-order chi connectivity index (χ0) is 25.8. The van der Waals surface area contributed by atoms with E-state index in [1.54, 1.807) is 17.2 Å². The van der Waals surface area contributed by atoms with Gasteiger partial charge >= 0.3 is 0 Å². The van der Waals surface area contributed by atoms with Crippen molar-refractivity contribution in [3.8, 4) is 0 Å². The summed E-state index contributed by atoms with van der Waals surface area (Å²) in [7, 11) is 0. The Balaban J connectivity index is 1.44. The van der Waals surface area contributed by atoms with Gasteiger partial charge in [0, 0.05) is 19.3 Å². The molecule has 1 aliphatic rings. The van der Waals surface area contributed by atoms with Gasteiger partial charge in [-0.25, -0.2) is 4.98 Å². The van der Waals surface area contributed by atoms with Gasteiger partial charge in [-0.1, -0.05) is 90.7 Å². The van der Waals surface area contributed by atoms with Crippen LogP contribution in [0.2, 0.25) is 0 Å². The Labute approximate surface area is 225 Å². The van der Waals surface area contributed by atoms with Crippen molar-refractivity contribution in [2.45, 2.75) is 19.8 Å². The standard InChI is InChI=1S/C29H26N4O2S2/c1-20-12-13-25-31-26(30-16-14-21-8-4-2-5-9-21)23(27(34)33(25)19-20)18-24-28(35)32(29(36)37-24)17-15-22-10-6-3-7-11-22/h2-13,18-19,30H,14-17H2,1H3. The highest BCUT2D eigenvalue weighted by atomic mass is 32.2. The van der Waals surface area contributed by atoms with Crippen molar-refractivity contribution in [3.63, 3.8) is 0 Å². The van der Waals surface area contributed by atoms with E-state index in [4.69, 9.17) is 17.2 Å². The number of benzene rings is 2. The average Bonchev–Trinajstić information content (AvgIpc) is 3.18. The van der Waals surface area contributed by atoms with Gasteiger partial charge in [0.15, 0.2) is 0 Å². The molecule has 3 heterocycles. The first-order valence-corrected chi connectivity index (χ1v) is 13.3. The highest BCUT2D eigenvalue weighted by Crippen LogP contribution is 2.33. The molecule has 0 aliphatic carbocycles. The Morgan fingerprint density at radius 1 is 0.946 bits per heavy atom. The number of hydrogen-bond acceptors (Lipinski definition) is 6. The van der Waals surface area contributed by atoms with E-state index in [2.05, 4.69) is 17.4 Å². The minimum absolute atomic E-state index is 0.185. The maximum Gasteiger partial charge on any atom is 0.267 e. The summed E-state index contributed by atoms with van der Waals surface area (Å²) < 4.78 is 2.02. The van der Waals surface area contributed by atoms with Crippen molar-refractivity contribution in [2.24, 2.45) is 0 Å². The van der Waals surface area contributed by atoms with Crippen LogP contribution in [0, 0.1) is 6.92 Å². The molecular formula is C29H26N4O2S2. The number of fused-ring (bicyclic) bond motifs is 1. The highest BCUT2D eigenvalue weighted by Gasteiger charge is 2.32. The van der Waals surface area contributed by atoms with Gasteiger partial charge in [0.2, 0.25) is 0 Å². The molecule has 0 spiro atoms. The molecule has 1 aliphatic heterocycles. The van der Waals surface area contributed by atoms with Crippen molar-refractivity contribution in [1.29, 1.82) is 0 Å². The maximum absolute atomic E-state index is 13.6. The van der Waals surface area contributed by atoms with Crippen molar-refractivity contribution in [2.75, 3.05) is 18.4 Å². The second-order valence-corrected chi connectivity index (χ2v) is 10.5. The molecule has 6 nitrogen and oxygen atoms in total. The molecule has 1 N–H and O–H groups in total. The number of thioether (sulfide) groups is 1. The molecule has 4 aromatic rings. The van der Waals surface area contributed by atoms with Crippen molar-refractivity contribution in [1.82, 2.24) is 14.3 Å². The molecule has 8 heteroatoms. The lowest BCUT2D eigenvalue weighted by atomic mass is 10.1. The first-order valence-electron chi connectivity index (χ1n) is 12.1. The Hall–Kier alpha value is -3.75. The number of hydrogen-bond donors (Lipinski definition) is 1. The molecule has 0 atom stereocenters. The van der Waals surface area contributed by atoms with Crippen LogP contribution < -0.4 is 10.9 Å². The molecule has 37 heavy (non-hydrogen) atoms. The number of anilines is 1. The van der Waals surface area contributed by atoms with Crippen molar-refractivity contribution >= 4 is 51.7 Å². The van der Waals surface area contributed by atoms with Crippen LogP contribution >= 0.6 is 24.0 Å². The van der Waals surface area contributed by atoms with Gasteiger partial charge in [-0.3, -0.25) is 18.9 Å². The van der Waals surface area contributed by atoms with E-state index in [0.717, 1.165) is 17.5 Å². The topological polar surface area (TPSA) is 66.7 Å². The summed E-state index contributed by atoms with van der Waals surface area (Å²) in [6, 6.07) is 23.9. The van der Waals surface area contributed by atoms with E-state index in [-0.39, 0.29) is 11.5 Å². The Bertz CT molecular complexity index is 1550. The third-order valence-electron chi connectivity index (χ3n) is 6.17. The number of aryl methyl sites for hydroxylation is 1. The Kier molecular flexibility index (Phi) is 7.48. The zero-order valence-electron chi connectivity index (χ0n) is 20.4. The van der Waals surface area contributed by atoms with E-state index in [1.807, 2.05) is 67.6 Å². The lowest BCUT2D eigenvalue weighted by Crippen LogP contribution is -2.30. The van der Waals surface area contributed by atoms with Gasteiger partial charge in [0.25, 0.3) is 11.5 Å². The summed E-state index contributed by atoms with van der Waals surface area (Å²) in [4.78, 5) is 33.6. The van der Waals surface area contributed by atoms with Gasteiger partial charge in [-0.2, -0.15) is 0 Å². The van der Waals surface area contributed by atoms with Crippen LogP contribution in [0.3, 0.4) is 0 Å². The summed E-state index contributed by atoms with van der Waals surface area (Å²) in [6.07, 6.45) is 4.88. The summed E-state index contributed by atoms with van der Waals surface area (Å²) >= 11 is 6.75. The molecule has 1 saturated heterocycles. The predicted octanol–water partition coefficient (Wildman–Crippen LogP) is 5.10. The van der Waals surface area contributed by atoms with Gasteiger partial charge in [0.05, 0.1) is 10.5 Å². The third kappa shape index (κ3) is 5.65. The summed E-state index contributed by atoms with van der Waals surface area (Å²) in [5, 5.41) is 3.33. The minimum Gasteiger partial charge on any atom is -0.369 e. The molecule has 0 bridgehead atoms. The normalized spacial score (nSPS) is 14.6. The fourth-order valence-electron chi connectivity index (χ4n) is 4.20. The van der Waals surface area contributed by atoms with E-state index in [1.165, 1.54) is 21.7 Å². The maximum atomic E-state index is 13.6. The van der Waals surface area contributed by atoms with Crippen LogP contribution in [0.4, 0.5) is 5.82 Å². The van der Waals surface area contributed by atoms with Gasteiger partial charge in [0.1, 0.15) is 15.8 Å². The predicted molar refractivity (Wildman–Crippen MR) is 155 cm³/mol. The number of rotatable bonds is 8. The van der Waals surface area contributed by atoms with Crippen LogP contribution in [0.25, 0.3) is 11.7 Å². The van der Waals surface area contributed by atoms with Crippen molar-refractivity contribution < 1.29 is 4.79 Å². The lowest BCUT2D eigenvalue weighted by molar-refractivity contribution is -0.122. The fourth-order valence-corrected chi connectivity index (χ4v) is 5.49. The molecular weight excluding hydrogens is 500 g/mol. The van der Waals surface area contributed by atoms with E-state index in [9.17, 15) is 9.59 Å². The summed E-state index contributed by atoms with van der Waals surface area (Å²) in [6.45, 7) is 3.01. The Morgan fingerprint density at radius 3 is 2.32 bits per heavy atom. The molecule has 1 fully saturated rings. The zero-order valence-corrected chi connectivity index (χ0v) is 22.0. The fraction of sp³-hybridized carbons (Fsp3) is 0.172. The van der Waals surface area contributed by atoms with Crippen LogP contribution in [-0.4, -0.2) is 37.6 Å². The van der Waals surface area contributed by atoms with E-state index >= 15 is 0 Å². The van der Waals surface area contributed by atoms with Crippen LogP contribution in [-0.2, 0) is 17.6 Å². The molecule has 0 saturated carbocycles. The first-order chi connectivity index (χ1) is 18.0. The molecule has 5 rings (SSSR count). The van der Waals surface area contributed by atoms with E-state index in [0.29, 0.717) is 45.8 Å². The van der Waals surface area contributed by atoms with Gasteiger partial charge < -0.3 is 5.32 Å². The summed E-state index contributed by atoms with van der Waals surface area (Å²) in [5.74, 6) is 0.272. The molecule has 2 aromatic heterocycles. The second-order valence-electron chi connectivity index (χ2n) is 8.85. The van der Waals surface area contributed by atoms with Crippen LogP contribution in [0.1, 0.15) is 22.3 Å². The SMILES string of the molecule is Cc1ccc2nc(NCCc3ccccc3)c(C=C3SC(=S)N(CCc4ccccc4)C3=O)c(=O)n2c1. The molecule has 0 unspecified atom stereocenters. The number of aromatic nitrogens is 2. The largest absolute Gasteiger partial charge is 0.369 e. The van der Waals surface area contributed by atoms with E-state index < -0.39 is 0 Å². The number of amides is 1. The van der Waals surface area contributed by atoms with Crippen molar-refractivity contribution in [3.05, 3.63) is 117 Å². The molecule has 1 amide bonds. The monoisotopic (exact) mass is 526 g/mol.